The Bertz CT molecular complexity index is 724. The van der Waals surface area contributed by atoms with E-state index in [2.05, 4.69) is 27.0 Å². The van der Waals surface area contributed by atoms with Crippen LogP contribution in [0, 0.1) is 0 Å². The number of aromatic nitrogens is 4. The molecule has 0 radical (unpaired) electrons. The Balaban J connectivity index is 1.69. The molecule has 0 bridgehead atoms. The van der Waals surface area contributed by atoms with Crippen molar-refractivity contribution < 1.29 is 4.52 Å². The van der Waals surface area contributed by atoms with Gasteiger partial charge in [-0.2, -0.15) is 4.98 Å². The molecule has 104 valence electrons. The van der Waals surface area contributed by atoms with E-state index in [1.165, 1.54) is 11.8 Å². The van der Waals surface area contributed by atoms with Crippen molar-refractivity contribution in [2.24, 2.45) is 0 Å². The zero-order valence-corrected chi connectivity index (χ0v) is 12.5. The van der Waals surface area contributed by atoms with Crippen LogP contribution in [-0.4, -0.2) is 20.1 Å². The van der Waals surface area contributed by atoms with E-state index in [1.54, 1.807) is 0 Å². The van der Waals surface area contributed by atoms with Crippen LogP contribution in [-0.2, 0) is 12.2 Å². The summed E-state index contributed by atoms with van der Waals surface area (Å²) in [5.74, 6) is 1.99. The Hall–Kier alpha value is -1.53. The zero-order valence-electron chi connectivity index (χ0n) is 10.9. The summed E-state index contributed by atoms with van der Waals surface area (Å²) >= 11 is 7.48. The second kappa shape index (κ2) is 5.85. The van der Waals surface area contributed by atoms with Gasteiger partial charge in [-0.05, 0) is 24.6 Å². The topological polar surface area (TPSA) is 67.6 Å². The van der Waals surface area contributed by atoms with E-state index in [4.69, 9.17) is 16.1 Å². The van der Waals surface area contributed by atoms with Crippen LogP contribution in [0.15, 0.2) is 27.9 Å². The lowest BCUT2D eigenvalue weighted by Gasteiger charge is -1.91. The maximum absolute atomic E-state index is 5.95. The zero-order chi connectivity index (χ0) is 13.9. The van der Waals surface area contributed by atoms with Gasteiger partial charge in [-0.25, -0.2) is 4.98 Å². The molecule has 0 saturated carbocycles. The van der Waals surface area contributed by atoms with Crippen LogP contribution in [0.1, 0.15) is 25.1 Å². The fourth-order valence-corrected chi connectivity index (χ4v) is 2.73. The van der Waals surface area contributed by atoms with E-state index in [-0.39, 0.29) is 0 Å². The standard InChI is InChI=1S/C13H13ClN4OS/c1-2-3-11-17-12(19-18-11)7-20-13-15-9-5-4-8(14)6-10(9)16-13/h4-6H,2-3,7H2,1H3,(H,15,16). The smallest absolute Gasteiger partial charge is 0.237 e. The first kappa shape index (κ1) is 13.5. The molecule has 1 aromatic carbocycles. The van der Waals surface area contributed by atoms with E-state index in [0.717, 1.165) is 34.9 Å². The molecule has 2 aromatic heterocycles. The predicted molar refractivity (Wildman–Crippen MR) is 79.0 cm³/mol. The highest BCUT2D eigenvalue weighted by molar-refractivity contribution is 7.98. The first-order chi connectivity index (χ1) is 9.74. The number of hydrogen-bond acceptors (Lipinski definition) is 5. The Morgan fingerprint density at radius 3 is 3.10 bits per heavy atom. The molecule has 1 N–H and O–H groups in total. The second-order valence-corrected chi connectivity index (χ2v) is 5.75. The van der Waals surface area contributed by atoms with Crippen molar-refractivity contribution in [1.29, 1.82) is 0 Å². The molecule has 20 heavy (non-hydrogen) atoms. The number of nitrogens with zero attached hydrogens (tertiary/aromatic N) is 3. The minimum absolute atomic E-state index is 0.601. The van der Waals surface area contributed by atoms with Crippen LogP contribution in [0.25, 0.3) is 11.0 Å². The van der Waals surface area contributed by atoms with Crippen LogP contribution in [0.5, 0.6) is 0 Å². The number of halogens is 1. The number of benzene rings is 1. The highest BCUT2D eigenvalue weighted by atomic mass is 35.5. The van der Waals surface area contributed by atoms with Gasteiger partial charge in [-0.15, -0.1) is 0 Å². The number of H-pyrrole nitrogens is 1. The molecule has 7 heteroatoms. The van der Waals surface area contributed by atoms with E-state index >= 15 is 0 Å². The van der Waals surface area contributed by atoms with Crippen molar-refractivity contribution in [2.45, 2.75) is 30.7 Å². The monoisotopic (exact) mass is 308 g/mol. The number of rotatable bonds is 5. The molecule has 0 aliphatic heterocycles. The molecule has 3 rings (SSSR count). The van der Waals surface area contributed by atoms with Crippen LogP contribution >= 0.6 is 23.4 Å². The molecule has 0 unspecified atom stereocenters. The third-order valence-corrected chi connectivity index (χ3v) is 3.83. The lowest BCUT2D eigenvalue weighted by atomic mass is 10.3. The fourth-order valence-electron chi connectivity index (χ4n) is 1.83. The van der Waals surface area contributed by atoms with Crippen molar-refractivity contribution >= 4 is 34.4 Å². The number of nitrogens with one attached hydrogen (secondary N) is 1. The van der Waals surface area contributed by atoms with Crippen molar-refractivity contribution in [3.63, 3.8) is 0 Å². The van der Waals surface area contributed by atoms with Crippen LogP contribution in [0.3, 0.4) is 0 Å². The molecule has 0 amide bonds. The Kier molecular flexibility index (Phi) is 3.93. The van der Waals surface area contributed by atoms with E-state index in [0.29, 0.717) is 16.7 Å². The average Bonchev–Trinajstić information content (AvgIpc) is 3.02. The summed E-state index contributed by atoms with van der Waals surface area (Å²) in [4.78, 5) is 12.0. The molecule has 5 nitrogen and oxygen atoms in total. The quantitative estimate of drug-likeness (QED) is 0.725. The van der Waals surface area contributed by atoms with E-state index < -0.39 is 0 Å². The van der Waals surface area contributed by atoms with Gasteiger partial charge in [0.15, 0.2) is 11.0 Å². The molecular weight excluding hydrogens is 296 g/mol. The molecule has 0 aliphatic carbocycles. The molecule has 3 aromatic rings. The van der Waals surface area contributed by atoms with Gasteiger partial charge in [0.05, 0.1) is 16.8 Å². The van der Waals surface area contributed by atoms with Crippen molar-refractivity contribution in [2.75, 3.05) is 0 Å². The average molecular weight is 309 g/mol. The van der Waals surface area contributed by atoms with Gasteiger partial charge in [-0.3, -0.25) is 0 Å². The lowest BCUT2D eigenvalue weighted by molar-refractivity contribution is 0.384. The predicted octanol–water partition coefficient (Wildman–Crippen LogP) is 3.84. The van der Waals surface area contributed by atoms with Gasteiger partial charge in [0.1, 0.15) is 0 Å². The van der Waals surface area contributed by atoms with Crippen molar-refractivity contribution in [3.8, 4) is 0 Å². The maximum atomic E-state index is 5.95. The number of thioether (sulfide) groups is 1. The van der Waals surface area contributed by atoms with Gasteiger partial charge in [0, 0.05) is 11.4 Å². The summed E-state index contributed by atoms with van der Waals surface area (Å²) in [6.07, 6.45) is 1.85. The molecule has 0 spiro atoms. The number of hydrogen-bond donors (Lipinski definition) is 1. The summed E-state index contributed by atoms with van der Waals surface area (Å²) in [6, 6.07) is 5.58. The first-order valence-corrected chi connectivity index (χ1v) is 7.70. The SMILES string of the molecule is CCCc1noc(CSc2nc3ccc(Cl)cc3[nH]2)n1. The third kappa shape index (κ3) is 2.96. The van der Waals surface area contributed by atoms with Crippen molar-refractivity contribution in [3.05, 3.63) is 34.9 Å². The highest BCUT2D eigenvalue weighted by Gasteiger charge is 2.09. The summed E-state index contributed by atoms with van der Waals surface area (Å²) < 4.78 is 5.19. The number of imidazole rings is 1. The van der Waals surface area contributed by atoms with E-state index in [9.17, 15) is 0 Å². The van der Waals surface area contributed by atoms with Crippen LogP contribution < -0.4 is 0 Å². The Morgan fingerprint density at radius 1 is 1.35 bits per heavy atom. The molecule has 0 fully saturated rings. The fraction of sp³-hybridized carbons (Fsp3) is 0.308. The number of fused-ring (bicyclic) bond motifs is 1. The molecule has 0 aliphatic rings. The third-order valence-electron chi connectivity index (χ3n) is 2.74. The molecule has 0 saturated heterocycles. The summed E-state index contributed by atoms with van der Waals surface area (Å²) in [7, 11) is 0. The molecule has 0 atom stereocenters. The van der Waals surface area contributed by atoms with Crippen molar-refractivity contribution in [1.82, 2.24) is 20.1 Å². The van der Waals surface area contributed by atoms with Gasteiger partial charge in [0.2, 0.25) is 5.89 Å². The van der Waals surface area contributed by atoms with Gasteiger partial charge in [-0.1, -0.05) is 35.4 Å². The lowest BCUT2D eigenvalue weighted by Crippen LogP contribution is -1.86. The Morgan fingerprint density at radius 2 is 2.25 bits per heavy atom. The number of aryl methyl sites for hydroxylation is 1. The van der Waals surface area contributed by atoms with Crippen LogP contribution in [0.4, 0.5) is 0 Å². The second-order valence-electron chi connectivity index (χ2n) is 4.35. The molecular formula is C13H13ClN4OS. The number of aromatic amines is 1. The Labute approximate surface area is 125 Å². The first-order valence-electron chi connectivity index (χ1n) is 6.34. The summed E-state index contributed by atoms with van der Waals surface area (Å²) in [6.45, 7) is 2.09. The summed E-state index contributed by atoms with van der Waals surface area (Å²) in [5.41, 5.74) is 1.83. The molecule has 2 heterocycles. The largest absolute Gasteiger partial charge is 0.338 e. The summed E-state index contributed by atoms with van der Waals surface area (Å²) in [5, 5.41) is 5.44. The van der Waals surface area contributed by atoms with Gasteiger partial charge in [0.25, 0.3) is 0 Å². The highest BCUT2D eigenvalue weighted by Crippen LogP contribution is 2.24. The van der Waals surface area contributed by atoms with Gasteiger partial charge >= 0.3 is 0 Å². The van der Waals surface area contributed by atoms with E-state index in [1.807, 2.05) is 18.2 Å². The van der Waals surface area contributed by atoms with Gasteiger partial charge < -0.3 is 9.51 Å². The maximum Gasteiger partial charge on any atom is 0.237 e. The minimum Gasteiger partial charge on any atom is -0.338 e. The minimum atomic E-state index is 0.601. The normalized spacial score (nSPS) is 11.3. The van der Waals surface area contributed by atoms with Crippen LogP contribution in [0.2, 0.25) is 5.02 Å².